The number of hydrogen-bond acceptors (Lipinski definition) is 3. The molecule has 0 bridgehead atoms. The van der Waals surface area contributed by atoms with Gasteiger partial charge in [0.25, 0.3) is 0 Å². The molecule has 5 heteroatoms. The molecule has 20 heavy (non-hydrogen) atoms. The number of thioether (sulfide) groups is 1. The average molecular weight is 293 g/mol. The van der Waals surface area contributed by atoms with Gasteiger partial charge in [0, 0.05) is 36.4 Å². The fourth-order valence-electron chi connectivity index (χ4n) is 2.06. The fourth-order valence-corrected chi connectivity index (χ4v) is 3.06. The molecule has 3 nitrogen and oxygen atoms in total. The Morgan fingerprint density at radius 1 is 1.40 bits per heavy atom. The van der Waals surface area contributed by atoms with Crippen molar-refractivity contribution in [3.8, 4) is 0 Å². The van der Waals surface area contributed by atoms with Crippen molar-refractivity contribution in [2.75, 3.05) is 12.3 Å². The van der Waals surface area contributed by atoms with Crippen molar-refractivity contribution in [2.45, 2.75) is 24.3 Å². The number of nitrogens with one attached hydrogen (secondary N) is 1. The van der Waals surface area contributed by atoms with Gasteiger partial charge in [-0.2, -0.15) is 5.10 Å². The highest BCUT2D eigenvalue weighted by atomic mass is 32.2. The van der Waals surface area contributed by atoms with E-state index in [2.05, 4.69) is 17.3 Å². The number of rotatable bonds is 7. The first kappa shape index (κ1) is 15.1. The van der Waals surface area contributed by atoms with Crippen LogP contribution < -0.4 is 5.32 Å². The highest BCUT2D eigenvalue weighted by molar-refractivity contribution is 7.99. The molecule has 0 fully saturated rings. The SMILES string of the molecule is CCNC(CSc1cccc(F)c1)Cc1ccn(C)n1. The predicted molar refractivity (Wildman–Crippen MR) is 81.5 cm³/mol. The second-order valence-electron chi connectivity index (χ2n) is 4.71. The Morgan fingerprint density at radius 2 is 2.25 bits per heavy atom. The second kappa shape index (κ2) is 7.45. The van der Waals surface area contributed by atoms with E-state index in [9.17, 15) is 4.39 Å². The van der Waals surface area contributed by atoms with E-state index in [0.29, 0.717) is 6.04 Å². The summed E-state index contributed by atoms with van der Waals surface area (Å²) in [5.74, 6) is 0.716. The van der Waals surface area contributed by atoms with E-state index in [0.717, 1.165) is 29.3 Å². The summed E-state index contributed by atoms with van der Waals surface area (Å²) in [5.41, 5.74) is 1.08. The van der Waals surface area contributed by atoms with Gasteiger partial charge in [-0.15, -0.1) is 11.8 Å². The lowest BCUT2D eigenvalue weighted by atomic mass is 10.2. The summed E-state index contributed by atoms with van der Waals surface area (Å²) in [7, 11) is 1.92. The van der Waals surface area contributed by atoms with Crippen LogP contribution in [0.4, 0.5) is 4.39 Å². The average Bonchev–Trinajstić information content (AvgIpc) is 2.82. The summed E-state index contributed by atoms with van der Waals surface area (Å²) < 4.78 is 15.0. The van der Waals surface area contributed by atoms with Crippen LogP contribution >= 0.6 is 11.8 Å². The number of halogens is 1. The Hall–Kier alpha value is -1.33. The normalized spacial score (nSPS) is 12.6. The van der Waals surface area contributed by atoms with Gasteiger partial charge in [-0.3, -0.25) is 4.68 Å². The van der Waals surface area contributed by atoms with E-state index in [4.69, 9.17) is 0 Å². The summed E-state index contributed by atoms with van der Waals surface area (Å²) >= 11 is 1.67. The maximum atomic E-state index is 13.1. The van der Waals surface area contributed by atoms with Crippen LogP contribution in [0.3, 0.4) is 0 Å². The number of hydrogen-bond donors (Lipinski definition) is 1. The summed E-state index contributed by atoms with van der Waals surface area (Å²) in [5, 5.41) is 7.87. The third-order valence-electron chi connectivity index (χ3n) is 2.96. The molecule has 2 rings (SSSR count). The van der Waals surface area contributed by atoms with Crippen LogP contribution in [-0.4, -0.2) is 28.1 Å². The second-order valence-corrected chi connectivity index (χ2v) is 5.80. The molecule has 0 amide bonds. The molecule has 1 unspecified atom stereocenters. The van der Waals surface area contributed by atoms with E-state index >= 15 is 0 Å². The molecular formula is C15H20FN3S. The van der Waals surface area contributed by atoms with Crippen molar-refractivity contribution in [1.29, 1.82) is 0 Å². The molecule has 0 radical (unpaired) electrons. The summed E-state index contributed by atoms with van der Waals surface area (Å²) in [4.78, 5) is 0.967. The quantitative estimate of drug-likeness (QED) is 0.796. The maximum absolute atomic E-state index is 13.1. The third kappa shape index (κ3) is 4.65. The lowest BCUT2D eigenvalue weighted by Gasteiger charge is -2.16. The molecule has 1 atom stereocenters. The summed E-state index contributed by atoms with van der Waals surface area (Å²) in [6, 6.07) is 9.12. The minimum absolute atomic E-state index is 0.181. The van der Waals surface area contributed by atoms with Crippen LogP contribution in [-0.2, 0) is 13.5 Å². The van der Waals surface area contributed by atoms with Crippen molar-refractivity contribution >= 4 is 11.8 Å². The van der Waals surface area contributed by atoms with Gasteiger partial charge in [0.05, 0.1) is 5.69 Å². The molecule has 0 aliphatic rings. The standard InChI is InChI=1S/C15H20FN3S/c1-3-17-14(10-13-7-8-19(2)18-13)11-20-15-6-4-5-12(16)9-15/h4-9,14,17H,3,10-11H2,1-2H3. The van der Waals surface area contributed by atoms with Crippen molar-refractivity contribution < 1.29 is 4.39 Å². The first-order valence-electron chi connectivity index (χ1n) is 6.77. The number of aryl methyl sites for hydroxylation is 1. The molecule has 1 N–H and O–H groups in total. The Labute approximate surface area is 123 Å². The summed E-state index contributed by atoms with van der Waals surface area (Å²) in [6.45, 7) is 3.01. The smallest absolute Gasteiger partial charge is 0.124 e. The Bertz CT molecular complexity index is 541. The lowest BCUT2D eigenvalue weighted by molar-refractivity contribution is 0.561. The zero-order valence-electron chi connectivity index (χ0n) is 11.8. The van der Waals surface area contributed by atoms with Gasteiger partial charge in [0.1, 0.15) is 5.82 Å². The topological polar surface area (TPSA) is 29.9 Å². The summed E-state index contributed by atoms with van der Waals surface area (Å²) in [6.07, 6.45) is 2.84. The van der Waals surface area contributed by atoms with Crippen LogP contribution in [0.2, 0.25) is 0 Å². The van der Waals surface area contributed by atoms with E-state index in [-0.39, 0.29) is 5.82 Å². The molecule has 108 valence electrons. The lowest BCUT2D eigenvalue weighted by Crippen LogP contribution is -2.33. The zero-order valence-corrected chi connectivity index (χ0v) is 12.7. The number of nitrogens with zero attached hydrogens (tertiary/aromatic N) is 2. The first-order chi connectivity index (χ1) is 9.67. The van der Waals surface area contributed by atoms with Crippen LogP contribution in [0.5, 0.6) is 0 Å². The van der Waals surface area contributed by atoms with Gasteiger partial charge in [-0.05, 0) is 30.8 Å². The maximum Gasteiger partial charge on any atom is 0.124 e. The Balaban J connectivity index is 1.91. The van der Waals surface area contributed by atoms with Crippen LogP contribution in [0.25, 0.3) is 0 Å². The zero-order chi connectivity index (χ0) is 14.4. The van der Waals surface area contributed by atoms with E-state index < -0.39 is 0 Å². The van der Waals surface area contributed by atoms with Crippen LogP contribution in [0, 0.1) is 5.82 Å². The minimum atomic E-state index is -0.181. The first-order valence-corrected chi connectivity index (χ1v) is 7.76. The van der Waals surface area contributed by atoms with E-state index in [1.165, 1.54) is 6.07 Å². The van der Waals surface area contributed by atoms with Gasteiger partial charge in [0.2, 0.25) is 0 Å². The van der Waals surface area contributed by atoms with Gasteiger partial charge in [-0.25, -0.2) is 4.39 Å². The molecule has 0 aliphatic carbocycles. The Morgan fingerprint density at radius 3 is 2.90 bits per heavy atom. The number of likely N-dealkylation sites (N-methyl/N-ethyl adjacent to an activating group) is 1. The van der Waals surface area contributed by atoms with Crippen molar-refractivity contribution in [2.24, 2.45) is 7.05 Å². The largest absolute Gasteiger partial charge is 0.313 e. The van der Waals surface area contributed by atoms with Crippen molar-refractivity contribution in [3.63, 3.8) is 0 Å². The molecule has 1 heterocycles. The van der Waals surface area contributed by atoms with Crippen molar-refractivity contribution in [1.82, 2.24) is 15.1 Å². The van der Waals surface area contributed by atoms with Gasteiger partial charge < -0.3 is 5.32 Å². The Kier molecular flexibility index (Phi) is 5.61. The molecule has 1 aromatic heterocycles. The molecule has 0 saturated heterocycles. The van der Waals surface area contributed by atoms with Crippen LogP contribution in [0.15, 0.2) is 41.4 Å². The van der Waals surface area contributed by atoms with Crippen LogP contribution in [0.1, 0.15) is 12.6 Å². The molecule has 2 aromatic rings. The van der Waals surface area contributed by atoms with E-state index in [1.807, 2.05) is 30.1 Å². The molecule has 0 spiro atoms. The minimum Gasteiger partial charge on any atom is -0.313 e. The van der Waals surface area contributed by atoms with Gasteiger partial charge >= 0.3 is 0 Å². The van der Waals surface area contributed by atoms with E-state index in [1.54, 1.807) is 23.9 Å². The predicted octanol–water partition coefficient (Wildman–Crippen LogP) is 2.87. The number of aromatic nitrogens is 2. The van der Waals surface area contributed by atoms with Gasteiger partial charge in [0.15, 0.2) is 0 Å². The third-order valence-corrected chi connectivity index (χ3v) is 4.12. The molecule has 0 aliphatic heterocycles. The monoisotopic (exact) mass is 293 g/mol. The van der Waals surface area contributed by atoms with Gasteiger partial charge in [-0.1, -0.05) is 13.0 Å². The molecule has 0 saturated carbocycles. The van der Waals surface area contributed by atoms with Crippen molar-refractivity contribution in [3.05, 3.63) is 48.0 Å². The highest BCUT2D eigenvalue weighted by Crippen LogP contribution is 2.20. The fraction of sp³-hybridized carbons (Fsp3) is 0.400. The molecular weight excluding hydrogens is 273 g/mol. The number of benzene rings is 1. The molecule has 1 aromatic carbocycles. The highest BCUT2D eigenvalue weighted by Gasteiger charge is 2.11.